The minimum absolute atomic E-state index is 0.119. The minimum Gasteiger partial charge on any atom is -0.486 e. The average Bonchev–Trinajstić information content (AvgIpc) is 2.71. The number of amides is 2. The van der Waals surface area contributed by atoms with E-state index in [-0.39, 0.29) is 24.3 Å². The van der Waals surface area contributed by atoms with Crippen molar-refractivity contribution >= 4 is 33.4 Å². The molecule has 1 atom stereocenters. The Morgan fingerprint density at radius 3 is 2.41 bits per heavy atom. The highest BCUT2D eigenvalue weighted by Gasteiger charge is 2.26. The van der Waals surface area contributed by atoms with Gasteiger partial charge in [0, 0.05) is 16.6 Å². The molecule has 1 aliphatic heterocycles. The van der Waals surface area contributed by atoms with Gasteiger partial charge >= 0.3 is 0 Å². The fraction of sp³-hybridized carbons (Fsp3) is 0.333. The van der Waals surface area contributed by atoms with Crippen LogP contribution in [0.15, 0.2) is 46.9 Å². The van der Waals surface area contributed by atoms with Crippen molar-refractivity contribution in [2.75, 3.05) is 25.1 Å². The summed E-state index contributed by atoms with van der Waals surface area (Å²) in [7, 11) is 0. The van der Waals surface area contributed by atoms with Crippen LogP contribution in [-0.2, 0) is 9.59 Å². The predicted octanol–water partition coefficient (Wildman–Crippen LogP) is 3.38. The second kappa shape index (κ2) is 9.65. The van der Waals surface area contributed by atoms with Gasteiger partial charge < -0.3 is 24.8 Å². The van der Waals surface area contributed by atoms with Gasteiger partial charge in [-0.3, -0.25) is 9.59 Å². The number of para-hydroxylation sites is 1. The van der Waals surface area contributed by atoms with Crippen molar-refractivity contribution in [2.24, 2.45) is 5.92 Å². The summed E-state index contributed by atoms with van der Waals surface area (Å²) in [4.78, 5) is 25.1. The van der Waals surface area contributed by atoms with Crippen LogP contribution in [0, 0.1) is 5.92 Å². The van der Waals surface area contributed by atoms with E-state index in [0.717, 1.165) is 0 Å². The summed E-state index contributed by atoms with van der Waals surface area (Å²) in [6, 6.07) is 11.8. The lowest BCUT2D eigenvalue weighted by atomic mass is 10.0. The van der Waals surface area contributed by atoms with Crippen molar-refractivity contribution < 1.29 is 23.8 Å². The van der Waals surface area contributed by atoms with Crippen molar-refractivity contribution in [3.63, 3.8) is 0 Å². The van der Waals surface area contributed by atoms with Gasteiger partial charge in [0.15, 0.2) is 18.1 Å². The molecule has 3 rings (SSSR count). The molecule has 0 bridgehead atoms. The van der Waals surface area contributed by atoms with Crippen LogP contribution in [0.1, 0.15) is 13.8 Å². The molecule has 29 heavy (non-hydrogen) atoms. The quantitative estimate of drug-likeness (QED) is 0.658. The lowest BCUT2D eigenvalue weighted by Gasteiger charge is -2.23. The molecular weight excluding hydrogens is 440 g/mol. The Morgan fingerprint density at radius 1 is 1.10 bits per heavy atom. The molecule has 7 nitrogen and oxygen atoms in total. The molecular formula is C21H23BrN2O5. The Labute approximate surface area is 177 Å². The van der Waals surface area contributed by atoms with E-state index in [2.05, 4.69) is 26.6 Å². The Hall–Kier alpha value is -2.74. The van der Waals surface area contributed by atoms with Crippen LogP contribution in [-0.4, -0.2) is 37.7 Å². The zero-order chi connectivity index (χ0) is 20.8. The SMILES string of the molecule is CC(C)C(NC(=O)COc1ccccc1)C(=O)Nc1cc2c(cc1Br)OCCO2. The number of carbonyl (C=O) groups is 2. The molecule has 1 heterocycles. The third-order valence-corrected chi connectivity index (χ3v) is 4.92. The summed E-state index contributed by atoms with van der Waals surface area (Å²) >= 11 is 3.43. The maximum absolute atomic E-state index is 12.8. The third-order valence-electron chi connectivity index (χ3n) is 4.27. The number of halogens is 1. The van der Waals surface area contributed by atoms with E-state index >= 15 is 0 Å². The number of hydrogen-bond donors (Lipinski definition) is 2. The van der Waals surface area contributed by atoms with Crippen LogP contribution < -0.4 is 24.8 Å². The zero-order valence-electron chi connectivity index (χ0n) is 16.2. The normalized spacial score (nSPS) is 13.5. The van der Waals surface area contributed by atoms with Crippen molar-refractivity contribution in [3.05, 3.63) is 46.9 Å². The van der Waals surface area contributed by atoms with Gasteiger partial charge in [0.05, 0.1) is 5.69 Å². The van der Waals surface area contributed by atoms with Gasteiger partial charge in [0.2, 0.25) is 5.91 Å². The summed E-state index contributed by atoms with van der Waals surface area (Å²) in [5, 5.41) is 5.59. The molecule has 0 spiro atoms. The Bertz CT molecular complexity index is 873. The smallest absolute Gasteiger partial charge is 0.258 e. The number of carbonyl (C=O) groups excluding carboxylic acids is 2. The lowest BCUT2D eigenvalue weighted by molar-refractivity contribution is -0.128. The first kappa shape index (κ1) is 21.0. The summed E-state index contributed by atoms with van der Waals surface area (Å²) in [6.45, 7) is 4.49. The van der Waals surface area contributed by atoms with E-state index in [9.17, 15) is 9.59 Å². The van der Waals surface area contributed by atoms with Crippen molar-refractivity contribution in [1.29, 1.82) is 0 Å². The van der Waals surface area contributed by atoms with Crippen LogP contribution >= 0.6 is 15.9 Å². The van der Waals surface area contributed by atoms with E-state index in [0.29, 0.717) is 40.6 Å². The molecule has 2 amide bonds. The van der Waals surface area contributed by atoms with Gasteiger partial charge in [-0.1, -0.05) is 32.0 Å². The van der Waals surface area contributed by atoms with Crippen LogP contribution in [0.25, 0.3) is 0 Å². The number of fused-ring (bicyclic) bond motifs is 1. The van der Waals surface area contributed by atoms with Crippen LogP contribution in [0.4, 0.5) is 5.69 Å². The maximum atomic E-state index is 12.8. The molecule has 1 unspecified atom stereocenters. The van der Waals surface area contributed by atoms with Gasteiger partial charge in [-0.05, 0) is 34.0 Å². The van der Waals surface area contributed by atoms with Gasteiger partial charge in [0.1, 0.15) is 25.0 Å². The first-order valence-electron chi connectivity index (χ1n) is 9.31. The first-order chi connectivity index (χ1) is 13.9. The summed E-state index contributed by atoms with van der Waals surface area (Å²) in [6.07, 6.45) is 0. The summed E-state index contributed by atoms with van der Waals surface area (Å²) < 4.78 is 17.2. The fourth-order valence-corrected chi connectivity index (χ4v) is 3.21. The highest BCUT2D eigenvalue weighted by molar-refractivity contribution is 9.10. The largest absolute Gasteiger partial charge is 0.486 e. The van der Waals surface area contributed by atoms with Gasteiger partial charge in [-0.2, -0.15) is 0 Å². The van der Waals surface area contributed by atoms with Crippen molar-refractivity contribution in [1.82, 2.24) is 5.32 Å². The minimum atomic E-state index is -0.720. The maximum Gasteiger partial charge on any atom is 0.258 e. The standard InChI is InChI=1S/C21H23BrN2O5/c1-13(2)20(24-19(25)12-29-14-6-4-3-5-7-14)21(26)23-16-11-18-17(10-15(16)22)27-8-9-28-18/h3-7,10-11,13,20H,8-9,12H2,1-2H3,(H,23,26)(H,24,25). The fourth-order valence-electron chi connectivity index (χ4n) is 2.79. The molecule has 0 aliphatic carbocycles. The van der Waals surface area contributed by atoms with E-state index < -0.39 is 6.04 Å². The molecule has 0 saturated carbocycles. The molecule has 2 aromatic rings. The van der Waals surface area contributed by atoms with E-state index in [1.54, 1.807) is 24.3 Å². The third kappa shape index (κ3) is 5.63. The molecule has 2 aromatic carbocycles. The topological polar surface area (TPSA) is 85.9 Å². The summed E-state index contributed by atoms with van der Waals surface area (Å²) in [5.74, 6) is 0.957. The number of anilines is 1. The second-order valence-corrected chi connectivity index (χ2v) is 7.71. The Morgan fingerprint density at radius 2 is 1.76 bits per heavy atom. The number of nitrogens with one attached hydrogen (secondary N) is 2. The van der Waals surface area contributed by atoms with Crippen LogP contribution in [0.5, 0.6) is 17.2 Å². The van der Waals surface area contributed by atoms with E-state index in [4.69, 9.17) is 14.2 Å². The highest BCUT2D eigenvalue weighted by atomic mass is 79.9. The number of ether oxygens (including phenoxy) is 3. The highest BCUT2D eigenvalue weighted by Crippen LogP contribution is 2.38. The number of rotatable bonds is 7. The average molecular weight is 463 g/mol. The van der Waals surface area contributed by atoms with Gasteiger partial charge in [-0.25, -0.2) is 0 Å². The van der Waals surface area contributed by atoms with Gasteiger partial charge in [0.25, 0.3) is 5.91 Å². The molecule has 8 heteroatoms. The second-order valence-electron chi connectivity index (χ2n) is 6.86. The molecule has 154 valence electrons. The Kier molecular flexibility index (Phi) is 6.98. The van der Waals surface area contributed by atoms with Crippen molar-refractivity contribution in [2.45, 2.75) is 19.9 Å². The van der Waals surface area contributed by atoms with E-state index in [1.807, 2.05) is 32.0 Å². The van der Waals surface area contributed by atoms with Gasteiger partial charge in [-0.15, -0.1) is 0 Å². The molecule has 0 saturated heterocycles. The van der Waals surface area contributed by atoms with E-state index in [1.165, 1.54) is 0 Å². The lowest BCUT2D eigenvalue weighted by Crippen LogP contribution is -2.48. The molecule has 0 radical (unpaired) electrons. The van der Waals surface area contributed by atoms with Crippen LogP contribution in [0.2, 0.25) is 0 Å². The number of hydrogen-bond acceptors (Lipinski definition) is 5. The molecule has 2 N–H and O–H groups in total. The molecule has 1 aliphatic rings. The first-order valence-corrected chi connectivity index (χ1v) is 10.1. The zero-order valence-corrected chi connectivity index (χ0v) is 17.8. The van der Waals surface area contributed by atoms with Crippen molar-refractivity contribution in [3.8, 4) is 17.2 Å². The van der Waals surface area contributed by atoms with Crippen LogP contribution in [0.3, 0.4) is 0 Å². The Balaban J connectivity index is 1.63. The number of benzene rings is 2. The predicted molar refractivity (Wildman–Crippen MR) is 112 cm³/mol. The summed E-state index contributed by atoms with van der Waals surface area (Å²) in [5.41, 5.74) is 0.541. The monoisotopic (exact) mass is 462 g/mol. The molecule has 0 fully saturated rings. The molecule has 0 aromatic heterocycles.